The number of imidazole rings is 1. The van der Waals surface area contributed by atoms with Crippen LogP contribution in [0.5, 0.6) is 0 Å². The van der Waals surface area contributed by atoms with Crippen molar-refractivity contribution >= 4 is 21.5 Å². The highest BCUT2D eigenvalue weighted by atomic mass is 32.2. The normalized spacial score (nSPS) is 20.5. The van der Waals surface area contributed by atoms with Crippen molar-refractivity contribution in [1.29, 1.82) is 0 Å². The molecule has 1 aliphatic rings. The van der Waals surface area contributed by atoms with Crippen LogP contribution in [-0.4, -0.2) is 45.3 Å². The number of aryl methyl sites for hydroxylation is 1. The van der Waals surface area contributed by atoms with Crippen LogP contribution in [0.25, 0.3) is 16.9 Å². The molecule has 1 aliphatic carbocycles. The molecule has 4 N–H and O–H groups in total. The number of rotatable bonds is 4. The number of hydrogen-bond donors (Lipinski definition) is 3. The van der Waals surface area contributed by atoms with Crippen LogP contribution in [0, 0.1) is 6.92 Å². The number of anilines is 1. The summed E-state index contributed by atoms with van der Waals surface area (Å²) in [6.45, 7) is 1.89. The minimum absolute atomic E-state index is 0.165. The summed E-state index contributed by atoms with van der Waals surface area (Å²) in [4.78, 5) is 8.35. The largest absolute Gasteiger partial charge is 0.393 e. The van der Waals surface area contributed by atoms with Gasteiger partial charge in [-0.25, -0.2) is 27.6 Å². The van der Waals surface area contributed by atoms with Crippen molar-refractivity contribution in [3.8, 4) is 11.3 Å². The highest BCUT2D eigenvalue weighted by molar-refractivity contribution is 7.89. The smallest absolute Gasteiger partial charge is 0.240 e. The maximum Gasteiger partial charge on any atom is 0.240 e. The minimum atomic E-state index is -3.69. The number of aliphatic hydroxyl groups is 1. The average Bonchev–Trinajstić information content (AvgIpc) is 3.09. The van der Waals surface area contributed by atoms with Gasteiger partial charge in [-0.1, -0.05) is 6.07 Å². The van der Waals surface area contributed by atoms with Gasteiger partial charge >= 0.3 is 0 Å². The third-order valence-corrected chi connectivity index (χ3v) is 6.66. The highest BCUT2D eigenvalue weighted by Crippen LogP contribution is 2.28. The first-order chi connectivity index (χ1) is 13.3. The Bertz CT molecular complexity index is 1120. The van der Waals surface area contributed by atoms with Crippen LogP contribution < -0.4 is 10.5 Å². The molecule has 1 fully saturated rings. The summed E-state index contributed by atoms with van der Waals surface area (Å²) >= 11 is 0. The van der Waals surface area contributed by atoms with Gasteiger partial charge in [0.15, 0.2) is 11.5 Å². The number of nitrogens with one attached hydrogen (secondary N) is 1. The average molecular weight is 402 g/mol. The Morgan fingerprint density at radius 2 is 1.96 bits per heavy atom. The molecule has 0 radical (unpaired) electrons. The Labute approximate surface area is 162 Å². The van der Waals surface area contributed by atoms with Crippen molar-refractivity contribution in [1.82, 2.24) is 24.3 Å². The number of sulfonamides is 1. The molecule has 9 nitrogen and oxygen atoms in total. The van der Waals surface area contributed by atoms with Crippen LogP contribution in [0.3, 0.4) is 0 Å². The molecular formula is C18H22N6O3S. The van der Waals surface area contributed by atoms with E-state index >= 15 is 0 Å². The maximum atomic E-state index is 12.9. The molecule has 1 aromatic carbocycles. The summed E-state index contributed by atoms with van der Waals surface area (Å²) in [7, 11) is -3.69. The van der Waals surface area contributed by atoms with Gasteiger partial charge in [-0.05, 0) is 50.3 Å². The van der Waals surface area contributed by atoms with Crippen molar-refractivity contribution in [2.24, 2.45) is 0 Å². The van der Waals surface area contributed by atoms with Crippen LogP contribution in [-0.2, 0) is 10.0 Å². The zero-order chi connectivity index (χ0) is 19.9. The maximum absolute atomic E-state index is 12.9. The molecule has 3 aromatic rings. The van der Waals surface area contributed by atoms with Crippen LogP contribution >= 0.6 is 0 Å². The number of nitrogens with two attached hydrogens (primary N) is 1. The molecule has 4 rings (SSSR count). The summed E-state index contributed by atoms with van der Waals surface area (Å²) in [5, 5.41) is 13.8. The van der Waals surface area contributed by atoms with E-state index in [-0.39, 0.29) is 22.9 Å². The molecule has 0 aliphatic heterocycles. The highest BCUT2D eigenvalue weighted by Gasteiger charge is 2.25. The summed E-state index contributed by atoms with van der Waals surface area (Å²) < 4.78 is 30.1. The van der Waals surface area contributed by atoms with Gasteiger partial charge in [0.1, 0.15) is 6.33 Å². The van der Waals surface area contributed by atoms with Crippen molar-refractivity contribution < 1.29 is 13.5 Å². The Kier molecular flexibility index (Phi) is 4.77. The Hall–Kier alpha value is -2.56. The molecule has 0 unspecified atom stereocenters. The van der Waals surface area contributed by atoms with E-state index in [1.54, 1.807) is 28.9 Å². The van der Waals surface area contributed by atoms with Crippen LogP contribution in [0.1, 0.15) is 31.2 Å². The van der Waals surface area contributed by atoms with Crippen LogP contribution in [0.4, 0.5) is 5.82 Å². The number of nitrogen functional groups attached to an aromatic ring is 1. The Morgan fingerprint density at radius 1 is 1.21 bits per heavy atom. The standard InChI is InChI=1S/C18H22N6O3S/c1-11-2-7-14(28(26,27)23-12-3-5-13(25)6-4-12)8-15(11)16-9-20-18-17(19)21-10-22-24(16)18/h2,7-10,12-13,23,25H,3-6H2,1H3,(H2,19,21,22)/t12-,13+. The van der Waals surface area contributed by atoms with Gasteiger partial charge in [-0.2, -0.15) is 5.10 Å². The van der Waals surface area contributed by atoms with Gasteiger partial charge in [0.25, 0.3) is 0 Å². The molecule has 2 heterocycles. The first-order valence-electron chi connectivity index (χ1n) is 9.11. The van der Waals surface area contributed by atoms with E-state index in [9.17, 15) is 13.5 Å². The summed E-state index contributed by atoms with van der Waals surface area (Å²) in [5.41, 5.74) is 8.49. The van der Waals surface area contributed by atoms with E-state index in [1.165, 1.54) is 6.33 Å². The fraction of sp³-hybridized carbons (Fsp3) is 0.389. The first kappa shape index (κ1) is 18.8. The van der Waals surface area contributed by atoms with E-state index in [1.807, 2.05) is 6.92 Å². The predicted molar refractivity (Wildman–Crippen MR) is 104 cm³/mol. The van der Waals surface area contributed by atoms with Gasteiger partial charge in [0.05, 0.1) is 22.9 Å². The van der Waals surface area contributed by atoms with E-state index in [0.717, 1.165) is 5.56 Å². The van der Waals surface area contributed by atoms with E-state index in [2.05, 4.69) is 19.8 Å². The molecule has 2 aromatic heterocycles. The van der Waals surface area contributed by atoms with Gasteiger partial charge in [0.2, 0.25) is 10.0 Å². The molecule has 1 saturated carbocycles. The second-order valence-corrected chi connectivity index (χ2v) is 8.84. The van der Waals surface area contributed by atoms with E-state index < -0.39 is 10.0 Å². The third kappa shape index (κ3) is 3.46. The Morgan fingerprint density at radius 3 is 2.71 bits per heavy atom. The lowest BCUT2D eigenvalue weighted by Gasteiger charge is -2.26. The summed E-state index contributed by atoms with van der Waals surface area (Å²) in [6.07, 6.45) is 5.07. The fourth-order valence-corrected chi connectivity index (χ4v) is 4.87. The first-order valence-corrected chi connectivity index (χ1v) is 10.6. The van der Waals surface area contributed by atoms with Crippen molar-refractivity contribution in [2.45, 2.75) is 49.6 Å². The second-order valence-electron chi connectivity index (χ2n) is 7.13. The lowest BCUT2D eigenvalue weighted by molar-refractivity contribution is 0.120. The van der Waals surface area contributed by atoms with Crippen molar-refractivity contribution in [3.05, 3.63) is 36.3 Å². The zero-order valence-corrected chi connectivity index (χ0v) is 16.2. The van der Waals surface area contributed by atoms with Crippen molar-refractivity contribution in [2.75, 3.05) is 5.73 Å². The number of nitrogens with zero attached hydrogens (tertiary/aromatic N) is 4. The number of benzene rings is 1. The van der Waals surface area contributed by atoms with Gasteiger partial charge in [0, 0.05) is 11.6 Å². The van der Waals surface area contributed by atoms with Gasteiger partial charge in [-0.15, -0.1) is 0 Å². The molecule has 28 heavy (non-hydrogen) atoms. The lowest BCUT2D eigenvalue weighted by atomic mass is 9.94. The molecular weight excluding hydrogens is 380 g/mol. The summed E-state index contributed by atoms with van der Waals surface area (Å²) in [5.74, 6) is 0.254. The number of aromatic nitrogens is 4. The van der Waals surface area contributed by atoms with E-state index in [0.29, 0.717) is 42.6 Å². The summed E-state index contributed by atoms with van der Waals surface area (Å²) in [6, 6.07) is 4.81. The van der Waals surface area contributed by atoms with Gasteiger partial charge in [-0.3, -0.25) is 0 Å². The number of fused-ring (bicyclic) bond motifs is 1. The second kappa shape index (κ2) is 7.12. The molecule has 148 valence electrons. The SMILES string of the molecule is Cc1ccc(S(=O)(=O)N[C@H]2CC[C@@H](O)CC2)cc1-c1cnc2c(N)ncnn12. The van der Waals surface area contributed by atoms with Gasteiger partial charge < -0.3 is 10.8 Å². The molecule has 10 heteroatoms. The molecule has 0 bridgehead atoms. The third-order valence-electron chi connectivity index (χ3n) is 5.14. The van der Waals surface area contributed by atoms with Crippen LogP contribution in [0.15, 0.2) is 35.6 Å². The molecule has 0 saturated heterocycles. The monoisotopic (exact) mass is 402 g/mol. The van der Waals surface area contributed by atoms with Crippen molar-refractivity contribution in [3.63, 3.8) is 0 Å². The minimum Gasteiger partial charge on any atom is -0.393 e. The molecule has 0 amide bonds. The number of aliphatic hydroxyl groups excluding tert-OH is 1. The number of hydrogen-bond acceptors (Lipinski definition) is 7. The fourth-order valence-electron chi connectivity index (χ4n) is 3.54. The predicted octanol–water partition coefficient (Wildman–Crippen LogP) is 1.26. The van der Waals surface area contributed by atoms with Crippen LogP contribution in [0.2, 0.25) is 0 Å². The Balaban J connectivity index is 1.69. The zero-order valence-electron chi connectivity index (χ0n) is 15.4. The lowest BCUT2D eigenvalue weighted by Crippen LogP contribution is -2.38. The molecule has 0 atom stereocenters. The quantitative estimate of drug-likeness (QED) is 0.598. The topological polar surface area (TPSA) is 136 Å². The molecule has 0 spiro atoms. The van der Waals surface area contributed by atoms with E-state index in [4.69, 9.17) is 5.73 Å².